The van der Waals surface area contributed by atoms with Crippen LogP contribution in [0.3, 0.4) is 0 Å². The van der Waals surface area contributed by atoms with E-state index in [0.29, 0.717) is 30.3 Å². The first kappa shape index (κ1) is 21.1. The van der Waals surface area contributed by atoms with Crippen molar-refractivity contribution < 1.29 is 4.79 Å². The van der Waals surface area contributed by atoms with E-state index in [0.717, 1.165) is 19.4 Å². The Morgan fingerprint density at radius 2 is 2.00 bits per heavy atom. The van der Waals surface area contributed by atoms with Crippen molar-refractivity contribution in [2.24, 2.45) is 5.73 Å². The van der Waals surface area contributed by atoms with Gasteiger partial charge in [-0.25, -0.2) is 9.97 Å². The largest absolute Gasteiger partial charge is 0.348 e. The molecular formula is C16H22Cl2N6O. The van der Waals surface area contributed by atoms with Crippen molar-refractivity contribution in [1.29, 1.82) is 0 Å². The Hall–Kier alpha value is -1.96. The van der Waals surface area contributed by atoms with E-state index in [1.807, 2.05) is 0 Å². The van der Waals surface area contributed by atoms with E-state index in [-0.39, 0.29) is 36.8 Å². The fourth-order valence-corrected chi connectivity index (χ4v) is 2.73. The number of nitrogens with two attached hydrogens (primary N) is 1. The van der Waals surface area contributed by atoms with Gasteiger partial charge in [0.05, 0.1) is 5.69 Å². The number of hydrogen-bond acceptors (Lipinski definition) is 6. The summed E-state index contributed by atoms with van der Waals surface area (Å²) in [6.45, 7) is 1.94. The van der Waals surface area contributed by atoms with Crippen LogP contribution in [0, 0.1) is 0 Å². The summed E-state index contributed by atoms with van der Waals surface area (Å²) >= 11 is 0. The average molecular weight is 385 g/mol. The molecule has 136 valence electrons. The molecule has 1 fully saturated rings. The van der Waals surface area contributed by atoms with Crippen molar-refractivity contribution in [2.45, 2.75) is 25.4 Å². The third kappa shape index (κ3) is 5.52. The molecule has 7 nitrogen and oxygen atoms in total. The topological polar surface area (TPSA) is 97.0 Å². The first-order chi connectivity index (χ1) is 11.3. The lowest BCUT2D eigenvalue weighted by molar-refractivity contribution is 0.0933. The highest BCUT2D eigenvalue weighted by molar-refractivity contribution is 5.94. The molecule has 1 aliphatic rings. The lowest BCUT2D eigenvalue weighted by atomic mass is 10.1. The molecule has 1 saturated heterocycles. The SMILES string of the molecule is Cl.Cl.NCc1cc(C(=O)NC2CCCN(c3ncccn3)C2)ccn1. The standard InChI is InChI=1S/C16H20N6O.2ClH/c17-10-14-9-12(4-7-18-14)15(23)21-13-3-1-8-22(11-13)16-19-5-2-6-20-16;;/h2,4-7,9,13H,1,3,8,10-11,17H2,(H,21,23);2*1H. The second-order valence-electron chi connectivity index (χ2n) is 5.55. The smallest absolute Gasteiger partial charge is 0.251 e. The van der Waals surface area contributed by atoms with E-state index in [2.05, 4.69) is 25.2 Å². The van der Waals surface area contributed by atoms with E-state index in [1.54, 1.807) is 36.8 Å². The van der Waals surface area contributed by atoms with Crippen molar-refractivity contribution >= 4 is 36.7 Å². The lowest BCUT2D eigenvalue weighted by Gasteiger charge is -2.33. The number of anilines is 1. The van der Waals surface area contributed by atoms with Crippen molar-refractivity contribution in [1.82, 2.24) is 20.3 Å². The normalized spacial score (nSPS) is 16.4. The van der Waals surface area contributed by atoms with Gasteiger partial charge in [-0.1, -0.05) is 0 Å². The van der Waals surface area contributed by atoms with Gasteiger partial charge in [0, 0.05) is 49.8 Å². The van der Waals surface area contributed by atoms with Crippen LogP contribution >= 0.6 is 24.8 Å². The summed E-state index contributed by atoms with van der Waals surface area (Å²) in [7, 11) is 0. The van der Waals surface area contributed by atoms with Crippen LogP contribution in [0.4, 0.5) is 5.95 Å². The third-order valence-corrected chi connectivity index (χ3v) is 3.88. The number of piperidine rings is 1. The zero-order valence-corrected chi connectivity index (χ0v) is 15.3. The molecule has 1 amide bonds. The quantitative estimate of drug-likeness (QED) is 0.830. The Morgan fingerprint density at radius 3 is 2.72 bits per heavy atom. The number of halogens is 2. The number of aromatic nitrogens is 3. The molecule has 25 heavy (non-hydrogen) atoms. The Balaban J connectivity index is 0.00000156. The molecule has 0 spiro atoms. The Morgan fingerprint density at radius 1 is 1.24 bits per heavy atom. The molecule has 3 heterocycles. The summed E-state index contributed by atoms with van der Waals surface area (Å²) in [5, 5.41) is 3.08. The molecule has 9 heteroatoms. The summed E-state index contributed by atoms with van der Waals surface area (Å²) in [5.74, 6) is 0.615. The summed E-state index contributed by atoms with van der Waals surface area (Å²) in [6.07, 6.45) is 7.02. The van der Waals surface area contributed by atoms with E-state index in [4.69, 9.17) is 5.73 Å². The van der Waals surface area contributed by atoms with E-state index < -0.39 is 0 Å². The van der Waals surface area contributed by atoms with Crippen molar-refractivity contribution in [3.05, 3.63) is 48.0 Å². The van der Waals surface area contributed by atoms with Crippen molar-refractivity contribution in [3.63, 3.8) is 0 Å². The van der Waals surface area contributed by atoms with Crippen LogP contribution in [-0.2, 0) is 6.54 Å². The van der Waals surface area contributed by atoms with Crippen LogP contribution in [0.15, 0.2) is 36.8 Å². The molecule has 1 atom stereocenters. The molecule has 1 unspecified atom stereocenters. The van der Waals surface area contributed by atoms with Crippen LogP contribution in [0.5, 0.6) is 0 Å². The fraction of sp³-hybridized carbons (Fsp3) is 0.375. The van der Waals surface area contributed by atoms with Crippen LogP contribution < -0.4 is 16.0 Å². The summed E-state index contributed by atoms with van der Waals surface area (Å²) in [5.41, 5.74) is 6.87. The fourth-order valence-electron chi connectivity index (χ4n) is 2.73. The number of pyridine rings is 1. The highest BCUT2D eigenvalue weighted by Gasteiger charge is 2.23. The minimum absolute atomic E-state index is 0. The monoisotopic (exact) mass is 384 g/mol. The number of carbonyl (C=O) groups excluding carboxylic acids is 1. The zero-order valence-electron chi connectivity index (χ0n) is 13.7. The highest BCUT2D eigenvalue weighted by Crippen LogP contribution is 2.15. The van der Waals surface area contributed by atoms with E-state index in [1.165, 1.54) is 0 Å². The molecule has 2 aromatic rings. The van der Waals surface area contributed by atoms with Gasteiger partial charge in [-0.2, -0.15) is 0 Å². The minimum Gasteiger partial charge on any atom is -0.348 e. The Bertz CT molecular complexity index is 673. The molecule has 0 saturated carbocycles. The number of nitrogens with one attached hydrogen (secondary N) is 1. The van der Waals surface area contributed by atoms with Crippen LogP contribution in [-0.4, -0.2) is 40.0 Å². The predicted molar refractivity (Wildman–Crippen MR) is 101 cm³/mol. The van der Waals surface area contributed by atoms with Crippen molar-refractivity contribution in [3.8, 4) is 0 Å². The third-order valence-electron chi connectivity index (χ3n) is 3.88. The first-order valence-electron chi connectivity index (χ1n) is 7.74. The Kier molecular flexibility index (Phi) is 8.54. The first-order valence-corrected chi connectivity index (χ1v) is 7.74. The van der Waals surface area contributed by atoms with Gasteiger partial charge < -0.3 is 16.0 Å². The van der Waals surface area contributed by atoms with Gasteiger partial charge in [0.15, 0.2) is 0 Å². The molecule has 2 aromatic heterocycles. The average Bonchev–Trinajstić information content (AvgIpc) is 2.63. The predicted octanol–water partition coefficient (Wildman–Crippen LogP) is 1.57. The number of carbonyl (C=O) groups is 1. The minimum atomic E-state index is -0.0945. The zero-order chi connectivity index (χ0) is 16.1. The molecule has 3 rings (SSSR count). The Labute approximate surface area is 159 Å². The van der Waals surface area contributed by atoms with Crippen molar-refractivity contribution in [2.75, 3.05) is 18.0 Å². The van der Waals surface area contributed by atoms with Crippen LogP contribution in [0.25, 0.3) is 0 Å². The number of amides is 1. The lowest BCUT2D eigenvalue weighted by Crippen LogP contribution is -2.48. The number of hydrogen-bond donors (Lipinski definition) is 2. The molecule has 3 N–H and O–H groups in total. The number of rotatable bonds is 4. The molecular weight excluding hydrogens is 363 g/mol. The molecule has 0 aliphatic carbocycles. The maximum atomic E-state index is 12.4. The van der Waals surface area contributed by atoms with Gasteiger partial charge in [0.25, 0.3) is 5.91 Å². The second kappa shape index (κ2) is 10.1. The molecule has 0 aromatic carbocycles. The summed E-state index contributed by atoms with van der Waals surface area (Å²) in [6, 6.07) is 5.31. The second-order valence-corrected chi connectivity index (χ2v) is 5.55. The highest BCUT2D eigenvalue weighted by atomic mass is 35.5. The van der Waals surface area contributed by atoms with Gasteiger partial charge in [0.1, 0.15) is 0 Å². The van der Waals surface area contributed by atoms with E-state index >= 15 is 0 Å². The van der Waals surface area contributed by atoms with Crippen LogP contribution in [0.1, 0.15) is 28.9 Å². The van der Waals surface area contributed by atoms with Gasteiger partial charge in [-0.05, 0) is 31.0 Å². The molecule has 0 radical (unpaired) electrons. The van der Waals surface area contributed by atoms with Crippen LogP contribution in [0.2, 0.25) is 0 Å². The van der Waals surface area contributed by atoms with Gasteiger partial charge >= 0.3 is 0 Å². The van der Waals surface area contributed by atoms with Gasteiger partial charge in [0.2, 0.25) is 5.95 Å². The van der Waals surface area contributed by atoms with Gasteiger partial charge in [-0.15, -0.1) is 24.8 Å². The van der Waals surface area contributed by atoms with E-state index in [9.17, 15) is 4.79 Å². The molecule has 0 bridgehead atoms. The maximum absolute atomic E-state index is 12.4. The molecule has 1 aliphatic heterocycles. The number of nitrogens with zero attached hydrogens (tertiary/aromatic N) is 4. The summed E-state index contributed by atoms with van der Waals surface area (Å²) in [4.78, 5) is 27.2. The summed E-state index contributed by atoms with van der Waals surface area (Å²) < 4.78 is 0. The van der Waals surface area contributed by atoms with Gasteiger partial charge in [-0.3, -0.25) is 9.78 Å². The maximum Gasteiger partial charge on any atom is 0.251 e.